The first-order valence-corrected chi connectivity index (χ1v) is 15.2. The molecule has 0 bridgehead atoms. The van der Waals surface area contributed by atoms with Crippen molar-refractivity contribution in [1.82, 2.24) is 19.4 Å². The van der Waals surface area contributed by atoms with Gasteiger partial charge in [-0.2, -0.15) is 17.6 Å². The summed E-state index contributed by atoms with van der Waals surface area (Å²) >= 11 is 7.59. The van der Waals surface area contributed by atoms with E-state index in [0.717, 1.165) is 4.90 Å². The van der Waals surface area contributed by atoms with Crippen LogP contribution in [-0.2, 0) is 19.4 Å². The molecular formula is C30H27ClF4N4O4S. The standard InChI is InChI=1S/C30H27ClF4N4O4S/c1-15-9-20(26-25(36-15)22(12-44-26)28(41)42)19-10-17(31)3-6-24(19)43-8-7-39-16(2)37-23-5-4-18(11-21(23)27(39)40)38-13-29(32,33)30(34,35)14-38/h3,6,9-10,12,18H,4-5,7-8,11,13-14H2,1-2H3,(H,41,42). The normalized spacial score (nSPS) is 19.3. The van der Waals surface area contributed by atoms with Crippen molar-refractivity contribution >= 4 is 39.1 Å². The minimum absolute atomic E-state index is 0.0574. The number of fused-ring (bicyclic) bond motifs is 2. The number of nitrogens with zero attached hydrogens (tertiary/aromatic N) is 4. The Bertz CT molecular complexity index is 1850. The SMILES string of the molecule is Cc1cc(-c2cc(Cl)ccc2OCCn2c(C)nc3c(c2=O)CC(N2CC(F)(F)C(F)(F)C2)CC3)c2scc(C(=O)O)c2n1. The molecule has 8 nitrogen and oxygen atoms in total. The molecule has 1 fully saturated rings. The largest absolute Gasteiger partial charge is 0.491 e. The highest BCUT2D eigenvalue weighted by atomic mass is 35.5. The maximum atomic E-state index is 13.9. The van der Waals surface area contributed by atoms with Crippen molar-refractivity contribution in [1.29, 1.82) is 0 Å². The Balaban J connectivity index is 1.24. The average molecular weight is 651 g/mol. The van der Waals surface area contributed by atoms with Crippen molar-refractivity contribution < 1.29 is 32.2 Å². The summed E-state index contributed by atoms with van der Waals surface area (Å²) in [6.07, 6.45) is 0.755. The van der Waals surface area contributed by atoms with E-state index in [1.165, 1.54) is 21.3 Å². The topological polar surface area (TPSA) is 97.6 Å². The summed E-state index contributed by atoms with van der Waals surface area (Å²) in [5.74, 6) is -8.39. The van der Waals surface area contributed by atoms with Crippen molar-refractivity contribution in [3.05, 3.63) is 73.4 Å². The summed E-state index contributed by atoms with van der Waals surface area (Å²) < 4.78 is 63.7. The first-order valence-electron chi connectivity index (χ1n) is 13.9. The Morgan fingerprint density at radius 1 is 1.14 bits per heavy atom. The minimum atomic E-state index is -4.11. The van der Waals surface area contributed by atoms with Crippen LogP contribution in [0.25, 0.3) is 21.3 Å². The number of aryl methyl sites for hydroxylation is 3. The van der Waals surface area contributed by atoms with Crippen LogP contribution in [-0.4, -0.2) is 68.1 Å². The molecule has 14 heteroatoms. The monoisotopic (exact) mass is 650 g/mol. The number of hydrogen-bond donors (Lipinski definition) is 1. The van der Waals surface area contributed by atoms with E-state index in [0.29, 0.717) is 67.7 Å². The number of thiophene rings is 1. The zero-order valence-electron chi connectivity index (χ0n) is 23.7. The van der Waals surface area contributed by atoms with Gasteiger partial charge in [-0.25, -0.2) is 9.78 Å². The summed E-state index contributed by atoms with van der Waals surface area (Å²) in [7, 11) is 0. The molecule has 1 aliphatic heterocycles. The minimum Gasteiger partial charge on any atom is -0.491 e. The van der Waals surface area contributed by atoms with Crippen LogP contribution in [0, 0.1) is 13.8 Å². The fraction of sp³-hybridized carbons (Fsp3) is 0.400. The van der Waals surface area contributed by atoms with E-state index < -0.39 is 36.9 Å². The predicted octanol–water partition coefficient (Wildman–Crippen LogP) is 6.01. The number of likely N-dealkylation sites (tertiary alicyclic amines) is 1. The van der Waals surface area contributed by atoms with E-state index in [1.807, 2.05) is 6.07 Å². The van der Waals surface area contributed by atoms with Crippen LogP contribution in [0.4, 0.5) is 17.6 Å². The lowest BCUT2D eigenvalue weighted by Crippen LogP contribution is -2.43. The lowest BCUT2D eigenvalue weighted by atomic mass is 9.91. The summed E-state index contributed by atoms with van der Waals surface area (Å²) in [6.45, 7) is 1.54. The Kier molecular flexibility index (Phi) is 7.70. The highest BCUT2D eigenvalue weighted by Crippen LogP contribution is 2.43. The summed E-state index contributed by atoms with van der Waals surface area (Å²) in [6, 6.07) is 6.28. The molecule has 1 aliphatic carbocycles. The molecule has 0 radical (unpaired) electrons. The maximum Gasteiger partial charge on any atom is 0.338 e. The van der Waals surface area contributed by atoms with Gasteiger partial charge in [-0.05, 0) is 57.4 Å². The molecule has 0 saturated carbocycles. The smallest absolute Gasteiger partial charge is 0.338 e. The van der Waals surface area contributed by atoms with E-state index >= 15 is 0 Å². The van der Waals surface area contributed by atoms with Crippen molar-refractivity contribution in [2.75, 3.05) is 19.7 Å². The second-order valence-electron chi connectivity index (χ2n) is 11.2. The summed E-state index contributed by atoms with van der Waals surface area (Å²) in [5.41, 5.74) is 2.97. The number of pyridine rings is 1. The lowest BCUT2D eigenvalue weighted by molar-refractivity contribution is -0.172. The summed E-state index contributed by atoms with van der Waals surface area (Å²) in [4.78, 5) is 35.4. The molecule has 4 aromatic rings. The quantitative estimate of drug-likeness (QED) is 0.245. The molecule has 0 amide bonds. The highest BCUT2D eigenvalue weighted by Gasteiger charge is 2.63. The number of ether oxygens (including phenoxy) is 1. The first kappa shape index (κ1) is 30.5. The van der Waals surface area contributed by atoms with Gasteiger partial charge in [0.1, 0.15) is 18.2 Å². The molecule has 1 N–H and O–H groups in total. The van der Waals surface area contributed by atoms with Crippen LogP contribution >= 0.6 is 22.9 Å². The van der Waals surface area contributed by atoms with E-state index in [-0.39, 0.29) is 30.7 Å². The molecule has 3 aromatic heterocycles. The third-order valence-electron chi connectivity index (χ3n) is 8.23. The molecule has 1 atom stereocenters. The van der Waals surface area contributed by atoms with Gasteiger partial charge in [0.05, 0.1) is 41.1 Å². The molecule has 44 heavy (non-hydrogen) atoms. The van der Waals surface area contributed by atoms with Gasteiger partial charge in [0.15, 0.2) is 0 Å². The Hall–Kier alpha value is -3.55. The molecule has 4 heterocycles. The number of aromatic carboxylic acids is 1. The van der Waals surface area contributed by atoms with Gasteiger partial charge in [-0.3, -0.25) is 19.2 Å². The van der Waals surface area contributed by atoms with Gasteiger partial charge >= 0.3 is 17.8 Å². The van der Waals surface area contributed by atoms with Crippen LogP contribution in [0.15, 0.2) is 34.4 Å². The van der Waals surface area contributed by atoms with Crippen LogP contribution in [0.2, 0.25) is 5.02 Å². The van der Waals surface area contributed by atoms with Crippen LogP contribution in [0.5, 0.6) is 5.75 Å². The Morgan fingerprint density at radius 2 is 1.86 bits per heavy atom. The molecule has 6 rings (SSSR count). The fourth-order valence-corrected chi connectivity index (χ4v) is 7.20. The number of aromatic nitrogens is 3. The van der Waals surface area contributed by atoms with Crippen LogP contribution in [0.3, 0.4) is 0 Å². The van der Waals surface area contributed by atoms with Crippen molar-refractivity contribution in [3.8, 4) is 16.9 Å². The second kappa shape index (κ2) is 11.1. The third kappa shape index (κ3) is 5.34. The molecular weight excluding hydrogens is 624 g/mol. The molecule has 0 spiro atoms. The van der Waals surface area contributed by atoms with Gasteiger partial charge < -0.3 is 9.84 Å². The number of rotatable bonds is 7. The maximum absolute atomic E-state index is 13.9. The highest BCUT2D eigenvalue weighted by molar-refractivity contribution is 7.18. The number of carboxylic acid groups (broad SMARTS) is 1. The van der Waals surface area contributed by atoms with E-state index in [2.05, 4.69) is 9.97 Å². The van der Waals surface area contributed by atoms with Crippen molar-refractivity contribution in [2.24, 2.45) is 0 Å². The van der Waals surface area contributed by atoms with Crippen LogP contribution in [0.1, 0.15) is 39.6 Å². The molecule has 1 aromatic carbocycles. The van der Waals surface area contributed by atoms with Gasteiger partial charge in [0.2, 0.25) is 0 Å². The van der Waals surface area contributed by atoms with Crippen LogP contribution < -0.4 is 10.3 Å². The third-order valence-corrected chi connectivity index (χ3v) is 9.47. The zero-order chi connectivity index (χ0) is 31.6. The van der Waals surface area contributed by atoms with E-state index in [9.17, 15) is 32.3 Å². The predicted molar refractivity (Wildman–Crippen MR) is 158 cm³/mol. The number of benzene rings is 1. The molecule has 1 unspecified atom stereocenters. The van der Waals surface area contributed by atoms with Gasteiger partial charge in [-0.15, -0.1) is 11.3 Å². The van der Waals surface area contributed by atoms with Gasteiger partial charge in [0, 0.05) is 38.8 Å². The van der Waals surface area contributed by atoms with Gasteiger partial charge in [-0.1, -0.05) is 11.6 Å². The average Bonchev–Trinajstić information content (AvgIpc) is 3.47. The Morgan fingerprint density at radius 3 is 2.57 bits per heavy atom. The Labute approximate surface area is 257 Å². The van der Waals surface area contributed by atoms with E-state index in [1.54, 1.807) is 32.0 Å². The number of halogens is 5. The van der Waals surface area contributed by atoms with Crippen molar-refractivity contribution in [3.63, 3.8) is 0 Å². The number of hydrogen-bond acceptors (Lipinski definition) is 7. The number of alkyl halides is 4. The number of carboxylic acids is 1. The van der Waals surface area contributed by atoms with E-state index in [4.69, 9.17) is 16.3 Å². The zero-order valence-corrected chi connectivity index (χ0v) is 25.2. The lowest BCUT2D eigenvalue weighted by Gasteiger charge is -2.31. The first-order chi connectivity index (χ1) is 20.8. The second-order valence-corrected chi connectivity index (χ2v) is 12.5. The summed E-state index contributed by atoms with van der Waals surface area (Å²) in [5, 5.41) is 11.6. The molecule has 1 saturated heterocycles. The van der Waals surface area contributed by atoms with Gasteiger partial charge in [0.25, 0.3) is 5.56 Å². The van der Waals surface area contributed by atoms with Crippen molar-refractivity contribution in [2.45, 2.75) is 57.5 Å². The molecule has 2 aliphatic rings. The number of carbonyl (C=O) groups is 1. The fourth-order valence-electron chi connectivity index (χ4n) is 6.01. The molecule has 232 valence electrons.